The van der Waals surface area contributed by atoms with E-state index in [1.54, 1.807) is 12.1 Å². The zero-order chi connectivity index (χ0) is 9.84. The third-order valence-electron chi connectivity index (χ3n) is 1.70. The van der Waals surface area contributed by atoms with E-state index in [0.717, 1.165) is 4.90 Å². The smallest absolute Gasteiger partial charge is 0.268 e. The standard InChI is InChI=1S/C9H10F2OS/c1-13-7-4-2-6(3-5-7)8(12)9(10)11/h2-5,8-9,12H,1H3. The maximum Gasteiger partial charge on any atom is 0.268 e. The van der Waals surface area contributed by atoms with Gasteiger partial charge in [0.1, 0.15) is 6.10 Å². The summed E-state index contributed by atoms with van der Waals surface area (Å²) in [6.45, 7) is 0. The number of thioether (sulfide) groups is 1. The molecule has 1 N–H and O–H groups in total. The lowest BCUT2D eigenvalue weighted by Gasteiger charge is -2.09. The van der Waals surface area contributed by atoms with Gasteiger partial charge in [0.05, 0.1) is 0 Å². The molecule has 0 aliphatic heterocycles. The molecule has 0 aliphatic rings. The molecule has 0 aliphatic carbocycles. The fraction of sp³-hybridized carbons (Fsp3) is 0.333. The van der Waals surface area contributed by atoms with Gasteiger partial charge in [0.15, 0.2) is 0 Å². The van der Waals surface area contributed by atoms with Crippen LogP contribution in [-0.2, 0) is 0 Å². The molecule has 1 aromatic rings. The van der Waals surface area contributed by atoms with E-state index in [1.165, 1.54) is 23.9 Å². The van der Waals surface area contributed by atoms with Crippen LogP contribution in [0.5, 0.6) is 0 Å². The predicted molar refractivity (Wildman–Crippen MR) is 49.2 cm³/mol. The van der Waals surface area contributed by atoms with Gasteiger partial charge in [0.25, 0.3) is 6.43 Å². The molecule has 13 heavy (non-hydrogen) atoms. The third kappa shape index (κ3) is 2.67. The molecule has 4 heteroatoms. The number of aliphatic hydroxyl groups is 1. The molecule has 0 bridgehead atoms. The first-order valence-corrected chi connectivity index (χ1v) is 4.98. The van der Waals surface area contributed by atoms with Crippen molar-refractivity contribution in [1.29, 1.82) is 0 Å². The molecule has 0 heterocycles. The van der Waals surface area contributed by atoms with Gasteiger partial charge < -0.3 is 5.11 Å². The van der Waals surface area contributed by atoms with Crippen molar-refractivity contribution >= 4 is 11.8 Å². The van der Waals surface area contributed by atoms with E-state index in [-0.39, 0.29) is 5.56 Å². The lowest BCUT2D eigenvalue weighted by molar-refractivity contribution is -0.00580. The van der Waals surface area contributed by atoms with E-state index < -0.39 is 12.5 Å². The summed E-state index contributed by atoms with van der Waals surface area (Å²) in [6, 6.07) is 6.46. The Morgan fingerprint density at radius 2 is 1.77 bits per heavy atom. The zero-order valence-electron chi connectivity index (χ0n) is 7.08. The highest BCUT2D eigenvalue weighted by molar-refractivity contribution is 7.98. The minimum atomic E-state index is -2.72. The normalized spacial score (nSPS) is 13.3. The number of alkyl halides is 2. The molecule has 0 saturated heterocycles. The summed E-state index contributed by atoms with van der Waals surface area (Å²) in [5.41, 5.74) is 0.257. The molecule has 0 radical (unpaired) electrons. The van der Waals surface area contributed by atoms with Crippen LogP contribution < -0.4 is 0 Å². The highest BCUT2D eigenvalue weighted by Crippen LogP contribution is 2.22. The lowest BCUT2D eigenvalue weighted by atomic mass is 10.1. The molecular weight excluding hydrogens is 194 g/mol. The van der Waals surface area contributed by atoms with E-state index >= 15 is 0 Å². The number of hydrogen-bond acceptors (Lipinski definition) is 2. The average molecular weight is 204 g/mol. The van der Waals surface area contributed by atoms with E-state index in [0.29, 0.717) is 0 Å². The first-order chi connectivity index (χ1) is 6.15. The van der Waals surface area contributed by atoms with E-state index in [9.17, 15) is 8.78 Å². The molecule has 0 spiro atoms. The van der Waals surface area contributed by atoms with Crippen LogP contribution in [0.15, 0.2) is 29.2 Å². The van der Waals surface area contributed by atoms with Crippen LogP contribution in [0.4, 0.5) is 8.78 Å². The van der Waals surface area contributed by atoms with Crippen molar-refractivity contribution < 1.29 is 13.9 Å². The molecule has 1 rings (SSSR count). The highest BCUT2D eigenvalue weighted by Gasteiger charge is 2.18. The summed E-state index contributed by atoms with van der Waals surface area (Å²) >= 11 is 1.53. The Morgan fingerprint density at radius 1 is 1.23 bits per heavy atom. The summed E-state index contributed by atoms with van der Waals surface area (Å²) in [5, 5.41) is 9.00. The van der Waals surface area contributed by atoms with Gasteiger partial charge in [-0.1, -0.05) is 12.1 Å². The summed E-state index contributed by atoms with van der Waals surface area (Å²) in [7, 11) is 0. The van der Waals surface area contributed by atoms with Crippen LogP contribution in [0, 0.1) is 0 Å². The van der Waals surface area contributed by atoms with Gasteiger partial charge in [-0.05, 0) is 24.0 Å². The fourth-order valence-electron chi connectivity index (χ4n) is 0.947. The van der Waals surface area contributed by atoms with Gasteiger partial charge in [-0.15, -0.1) is 11.8 Å². The lowest BCUT2D eigenvalue weighted by Crippen LogP contribution is -2.07. The molecular formula is C9H10F2OS. The average Bonchev–Trinajstić information content (AvgIpc) is 2.17. The highest BCUT2D eigenvalue weighted by atomic mass is 32.2. The van der Waals surface area contributed by atoms with Crippen LogP contribution >= 0.6 is 11.8 Å². The monoisotopic (exact) mass is 204 g/mol. The second kappa shape index (κ2) is 4.58. The van der Waals surface area contributed by atoms with Crippen molar-refractivity contribution in [2.45, 2.75) is 17.4 Å². The largest absolute Gasteiger partial charge is 0.382 e. The number of aliphatic hydroxyl groups excluding tert-OH is 1. The summed E-state index contributed by atoms with van der Waals surface area (Å²) in [6.07, 6.45) is -2.49. The van der Waals surface area contributed by atoms with Gasteiger partial charge in [0.2, 0.25) is 0 Å². The maximum atomic E-state index is 12.0. The van der Waals surface area contributed by atoms with Crippen LogP contribution in [-0.4, -0.2) is 17.8 Å². The minimum absolute atomic E-state index is 0.257. The second-order valence-electron chi connectivity index (χ2n) is 2.55. The van der Waals surface area contributed by atoms with Crippen LogP contribution in [0.2, 0.25) is 0 Å². The molecule has 72 valence electrons. The Kier molecular flexibility index (Phi) is 3.69. The van der Waals surface area contributed by atoms with Gasteiger partial charge >= 0.3 is 0 Å². The van der Waals surface area contributed by atoms with Gasteiger partial charge in [-0.3, -0.25) is 0 Å². The molecule has 0 amide bonds. The molecule has 1 aromatic carbocycles. The van der Waals surface area contributed by atoms with Crippen molar-refractivity contribution in [3.05, 3.63) is 29.8 Å². The maximum absolute atomic E-state index is 12.0. The Hall–Kier alpha value is -0.610. The van der Waals surface area contributed by atoms with Crippen molar-refractivity contribution in [2.24, 2.45) is 0 Å². The fourth-order valence-corrected chi connectivity index (χ4v) is 1.35. The van der Waals surface area contributed by atoms with E-state index in [1.807, 2.05) is 6.26 Å². The van der Waals surface area contributed by atoms with Gasteiger partial charge in [0, 0.05) is 4.90 Å². The van der Waals surface area contributed by atoms with Gasteiger partial charge in [-0.25, -0.2) is 8.78 Å². The van der Waals surface area contributed by atoms with Crippen LogP contribution in [0.25, 0.3) is 0 Å². The molecule has 1 unspecified atom stereocenters. The Balaban J connectivity index is 2.79. The summed E-state index contributed by atoms with van der Waals surface area (Å²) < 4.78 is 24.1. The topological polar surface area (TPSA) is 20.2 Å². The predicted octanol–water partition coefficient (Wildman–Crippen LogP) is 2.71. The Labute approximate surface area is 79.8 Å². The van der Waals surface area contributed by atoms with E-state index in [2.05, 4.69) is 0 Å². The number of hydrogen-bond donors (Lipinski definition) is 1. The van der Waals surface area contributed by atoms with Crippen molar-refractivity contribution in [3.8, 4) is 0 Å². The van der Waals surface area contributed by atoms with Crippen molar-refractivity contribution in [3.63, 3.8) is 0 Å². The van der Waals surface area contributed by atoms with Crippen molar-refractivity contribution in [1.82, 2.24) is 0 Å². The first kappa shape index (κ1) is 10.5. The van der Waals surface area contributed by atoms with Crippen molar-refractivity contribution in [2.75, 3.05) is 6.26 Å². The van der Waals surface area contributed by atoms with E-state index in [4.69, 9.17) is 5.11 Å². The number of rotatable bonds is 3. The zero-order valence-corrected chi connectivity index (χ0v) is 7.89. The quantitative estimate of drug-likeness (QED) is 0.764. The first-order valence-electron chi connectivity index (χ1n) is 3.75. The number of halogens is 2. The Bertz CT molecular complexity index is 261. The summed E-state index contributed by atoms with van der Waals surface area (Å²) in [4.78, 5) is 0.991. The molecule has 0 aromatic heterocycles. The molecule has 0 fully saturated rings. The summed E-state index contributed by atoms with van der Waals surface area (Å²) in [5.74, 6) is 0. The Morgan fingerprint density at radius 3 is 2.15 bits per heavy atom. The third-order valence-corrected chi connectivity index (χ3v) is 2.44. The molecule has 1 nitrogen and oxygen atoms in total. The second-order valence-corrected chi connectivity index (χ2v) is 3.43. The number of benzene rings is 1. The molecule has 0 saturated carbocycles. The SMILES string of the molecule is CSc1ccc(C(O)C(F)F)cc1. The van der Waals surface area contributed by atoms with Gasteiger partial charge in [-0.2, -0.15) is 0 Å². The minimum Gasteiger partial charge on any atom is -0.382 e. The van der Waals surface area contributed by atoms with Crippen LogP contribution in [0.1, 0.15) is 11.7 Å². The van der Waals surface area contributed by atoms with Crippen LogP contribution in [0.3, 0.4) is 0 Å². The molecule has 1 atom stereocenters.